The molecule has 0 atom stereocenters. The van der Waals surface area contributed by atoms with Crippen LogP contribution in [0.15, 0.2) is 24.3 Å². The fourth-order valence-electron chi connectivity index (χ4n) is 1.88. The second-order valence-electron chi connectivity index (χ2n) is 4.53. The molecule has 0 amide bonds. The van der Waals surface area contributed by atoms with E-state index in [9.17, 15) is 23.3 Å². The molecular weight excluding hydrogens is 331 g/mol. The fourth-order valence-corrected chi connectivity index (χ4v) is 2.84. The van der Waals surface area contributed by atoms with Gasteiger partial charge in [-0.05, 0) is 24.6 Å². The number of nitriles is 1. The first-order chi connectivity index (χ1) is 10.8. The van der Waals surface area contributed by atoms with E-state index >= 15 is 0 Å². The van der Waals surface area contributed by atoms with Crippen molar-refractivity contribution in [2.75, 3.05) is 5.32 Å². The molecule has 2 aromatic rings. The normalized spacial score (nSPS) is 11.1. The fraction of sp³-hybridized carbons (Fsp3) is 0.214. The third-order valence-corrected chi connectivity index (χ3v) is 4.22. The number of benzene rings is 1. The molecule has 0 aliphatic rings. The van der Waals surface area contributed by atoms with E-state index in [1.165, 1.54) is 11.3 Å². The Labute approximate surface area is 133 Å². The van der Waals surface area contributed by atoms with Gasteiger partial charge in [0.05, 0.1) is 16.1 Å². The zero-order chi connectivity index (χ0) is 17.2. The van der Waals surface area contributed by atoms with E-state index in [0.29, 0.717) is 23.1 Å². The van der Waals surface area contributed by atoms with E-state index < -0.39 is 22.4 Å². The van der Waals surface area contributed by atoms with Crippen molar-refractivity contribution < 1.29 is 18.1 Å². The third kappa shape index (κ3) is 3.60. The Kier molecular flexibility index (Phi) is 4.56. The molecule has 0 radical (unpaired) electrons. The number of aryl methyl sites for hydroxylation is 1. The van der Waals surface area contributed by atoms with E-state index in [1.54, 1.807) is 6.07 Å². The maximum absolute atomic E-state index is 12.7. The molecule has 1 N–H and O–H groups in total. The van der Waals surface area contributed by atoms with Crippen molar-refractivity contribution in [3.05, 3.63) is 50.4 Å². The second kappa shape index (κ2) is 6.26. The van der Waals surface area contributed by atoms with Crippen LogP contribution in [0.3, 0.4) is 0 Å². The average Bonchev–Trinajstić information content (AvgIpc) is 2.88. The van der Waals surface area contributed by atoms with E-state index in [2.05, 4.69) is 5.32 Å². The number of nitrogens with one attached hydrogen (secondary N) is 1. The quantitative estimate of drug-likeness (QED) is 0.637. The maximum Gasteiger partial charge on any atom is 0.416 e. The number of halogens is 3. The molecule has 0 spiro atoms. The molecule has 0 unspecified atom stereocenters. The summed E-state index contributed by atoms with van der Waals surface area (Å²) in [6, 6.07) is 5.82. The lowest BCUT2D eigenvalue weighted by Gasteiger charge is -2.09. The van der Waals surface area contributed by atoms with Gasteiger partial charge in [-0.3, -0.25) is 10.1 Å². The molecule has 5 nitrogen and oxygen atoms in total. The zero-order valence-electron chi connectivity index (χ0n) is 11.8. The van der Waals surface area contributed by atoms with Crippen LogP contribution in [-0.4, -0.2) is 4.92 Å². The molecule has 0 fully saturated rings. The molecule has 0 aliphatic heterocycles. The minimum atomic E-state index is -4.67. The number of nitrogens with zero attached hydrogens (tertiary/aromatic N) is 2. The molecule has 1 heterocycles. The Morgan fingerprint density at radius 2 is 2.09 bits per heavy atom. The van der Waals surface area contributed by atoms with Gasteiger partial charge in [-0.1, -0.05) is 6.92 Å². The largest absolute Gasteiger partial charge is 0.416 e. The summed E-state index contributed by atoms with van der Waals surface area (Å²) in [4.78, 5) is 11.0. The highest BCUT2D eigenvalue weighted by Crippen LogP contribution is 2.38. The van der Waals surface area contributed by atoms with Gasteiger partial charge in [-0.25, -0.2) is 0 Å². The van der Waals surface area contributed by atoms with Crippen LogP contribution in [0.1, 0.15) is 22.9 Å². The minimum Gasteiger partial charge on any atom is -0.341 e. The van der Waals surface area contributed by atoms with Gasteiger partial charge in [0.25, 0.3) is 5.69 Å². The van der Waals surface area contributed by atoms with Crippen molar-refractivity contribution in [3.8, 4) is 6.07 Å². The van der Waals surface area contributed by atoms with Crippen LogP contribution in [0.2, 0.25) is 0 Å². The van der Waals surface area contributed by atoms with Gasteiger partial charge < -0.3 is 5.32 Å². The van der Waals surface area contributed by atoms with Gasteiger partial charge in [0.15, 0.2) is 0 Å². The minimum absolute atomic E-state index is 0.0935. The van der Waals surface area contributed by atoms with E-state index in [-0.39, 0.29) is 5.69 Å². The molecule has 0 aliphatic carbocycles. The summed E-state index contributed by atoms with van der Waals surface area (Å²) < 4.78 is 38.0. The monoisotopic (exact) mass is 341 g/mol. The van der Waals surface area contributed by atoms with Crippen molar-refractivity contribution in [1.82, 2.24) is 0 Å². The van der Waals surface area contributed by atoms with Crippen molar-refractivity contribution in [3.63, 3.8) is 0 Å². The number of rotatable bonds is 4. The van der Waals surface area contributed by atoms with Crippen LogP contribution in [0.4, 0.5) is 29.5 Å². The first kappa shape index (κ1) is 16.8. The van der Waals surface area contributed by atoms with Crippen LogP contribution < -0.4 is 5.32 Å². The highest BCUT2D eigenvalue weighted by molar-refractivity contribution is 7.16. The number of thiophene rings is 1. The molecule has 0 bridgehead atoms. The predicted molar refractivity (Wildman–Crippen MR) is 79.8 cm³/mol. The van der Waals surface area contributed by atoms with Crippen molar-refractivity contribution >= 4 is 27.7 Å². The van der Waals surface area contributed by atoms with Gasteiger partial charge in [-0.2, -0.15) is 18.4 Å². The van der Waals surface area contributed by atoms with Crippen molar-refractivity contribution in [2.24, 2.45) is 0 Å². The topological polar surface area (TPSA) is 79.0 Å². The van der Waals surface area contributed by atoms with Crippen LogP contribution in [0.5, 0.6) is 0 Å². The third-order valence-electron chi connectivity index (χ3n) is 3.02. The van der Waals surface area contributed by atoms with E-state index in [4.69, 9.17) is 5.26 Å². The SMILES string of the molecule is CCc1cc(C#N)c(Nc2ccc(C(F)(F)F)cc2[N+](=O)[O-])s1. The molecule has 120 valence electrons. The molecule has 1 aromatic heterocycles. The molecule has 0 saturated carbocycles. The number of alkyl halides is 3. The van der Waals surface area contributed by atoms with Crippen LogP contribution >= 0.6 is 11.3 Å². The molecule has 2 rings (SSSR count). The predicted octanol–water partition coefficient (Wildman–Crippen LogP) is 4.85. The van der Waals surface area contributed by atoms with E-state index in [0.717, 1.165) is 17.0 Å². The number of anilines is 2. The lowest BCUT2D eigenvalue weighted by molar-refractivity contribution is -0.384. The summed E-state index contributed by atoms with van der Waals surface area (Å²) in [5, 5.41) is 23.2. The number of hydrogen-bond acceptors (Lipinski definition) is 5. The highest BCUT2D eigenvalue weighted by Gasteiger charge is 2.33. The summed E-state index contributed by atoms with van der Waals surface area (Å²) in [6.07, 6.45) is -3.99. The molecular formula is C14H10F3N3O2S. The Bertz CT molecular complexity index is 794. The first-order valence-corrected chi connectivity index (χ1v) is 7.23. The average molecular weight is 341 g/mol. The van der Waals surface area contributed by atoms with Gasteiger partial charge in [0.2, 0.25) is 0 Å². The van der Waals surface area contributed by atoms with Gasteiger partial charge in [0.1, 0.15) is 16.8 Å². The summed E-state index contributed by atoms with van der Waals surface area (Å²) in [5.41, 5.74) is -1.60. The van der Waals surface area contributed by atoms with Crippen LogP contribution in [0.25, 0.3) is 0 Å². The second-order valence-corrected chi connectivity index (χ2v) is 5.67. The summed E-state index contributed by atoms with van der Waals surface area (Å²) in [6.45, 7) is 1.89. The summed E-state index contributed by atoms with van der Waals surface area (Å²) >= 11 is 1.23. The lowest BCUT2D eigenvalue weighted by atomic mass is 10.1. The number of hydrogen-bond donors (Lipinski definition) is 1. The van der Waals surface area contributed by atoms with Crippen molar-refractivity contribution in [1.29, 1.82) is 5.26 Å². The molecule has 23 heavy (non-hydrogen) atoms. The van der Waals surface area contributed by atoms with Crippen molar-refractivity contribution in [2.45, 2.75) is 19.5 Å². The molecule has 1 aromatic carbocycles. The van der Waals surface area contributed by atoms with E-state index in [1.807, 2.05) is 13.0 Å². The summed E-state index contributed by atoms with van der Waals surface area (Å²) in [5.74, 6) is 0. The summed E-state index contributed by atoms with van der Waals surface area (Å²) in [7, 11) is 0. The van der Waals surface area contributed by atoms with Crippen LogP contribution in [0, 0.1) is 21.4 Å². The Hall–Kier alpha value is -2.60. The van der Waals surface area contributed by atoms with Gasteiger partial charge in [0, 0.05) is 10.9 Å². The lowest BCUT2D eigenvalue weighted by Crippen LogP contribution is -2.06. The highest BCUT2D eigenvalue weighted by atomic mass is 32.1. The number of nitro benzene ring substituents is 1. The van der Waals surface area contributed by atoms with Gasteiger partial charge >= 0.3 is 6.18 Å². The number of nitro groups is 1. The molecule has 9 heteroatoms. The van der Waals surface area contributed by atoms with Crippen LogP contribution in [-0.2, 0) is 12.6 Å². The zero-order valence-corrected chi connectivity index (χ0v) is 12.6. The first-order valence-electron chi connectivity index (χ1n) is 6.41. The maximum atomic E-state index is 12.7. The smallest absolute Gasteiger partial charge is 0.341 e. The Balaban J connectivity index is 2.46. The Morgan fingerprint density at radius 1 is 1.39 bits per heavy atom. The van der Waals surface area contributed by atoms with Gasteiger partial charge in [-0.15, -0.1) is 11.3 Å². The molecule has 0 saturated heterocycles. The Morgan fingerprint density at radius 3 is 2.61 bits per heavy atom. The standard InChI is InChI=1S/C14H10F3N3O2S/c1-2-10-5-8(7-18)13(23-10)19-11-4-3-9(14(15,16)17)6-12(11)20(21)22/h3-6,19H,2H2,1H3.